The molecule has 5 unspecified atom stereocenters. The molecule has 0 radical (unpaired) electrons. The lowest BCUT2D eigenvalue weighted by molar-refractivity contribution is -0.146. The van der Waals surface area contributed by atoms with E-state index in [1.165, 1.54) is 22.3 Å². The summed E-state index contributed by atoms with van der Waals surface area (Å²) in [6.07, 6.45) is 3.56. The van der Waals surface area contributed by atoms with Gasteiger partial charge in [-0.1, -0.05) is 26.8 Å². The van der Waals surface area contributed by atoms with Crippen LogP contribution in [0.3, 0.4) is 0 Å². The van der Waals surface area contributed by atoms with Crippen LogP contribution in [0.2, 0.25) is 0 Å². The molecule has 296 valence electrons. The lowest BCUT2D eigenvalue weighted by atomic mass is 9.85. The SMILES string of the molecule is C=CC1CC1(NC(=O)C1CC(Oc2cc(-c3csc(C)n3)nc3cc(OCP(C)(C)=O)ccc23)CN1C(=O)C(NC(=O)OC1CCCC1)C(C)(C)C)C(=O)O. The van der Waals surface area contributed by atoms with Crippen LogP contribution in [-0.4, -0.2) is 99.9 Å². The van der Waals surface area contributed by atoms with Crippen molar-refractivity contribution in [1.29, 1.82) is 0 Å². The Hall–Kier alpha value is -4.49. The molecule has 3 amide bonds. The van der Waals surface area contributed by atoms with Gasteiger partial charge < -0.3 is 39.4 Å². The summed E-state index contributed by atoms with van der Waals surface area (Å²) >= 11 is 1.47. The van der Waals surface area contributed by atoms with Crippen LogP contribution < -0.4 is 20.1 Å². The number of hydrogen-bond donors (Lipinski definition) is 3. The van der Waals surface area contributed by atoms with Gasteiger partial charge in [0.2, 0.25) is 11.8 Å². The van der Waals surface area contributed by atoms with Crippen LogP contribution in [0.1, 0.15) is 64.3 Å². The third-order valence-corrected chi connectivity index (χ3v) is 11.8. The number of carbonyl (C=O) groups excluding carboxylic acids is 3. The molecule has 3 aromatic rings. The Kier molecular flexibility index (Phi) is 11.4. The summed E-state index contributed by atoms with van der Waals surface area (Å²) in [5, 5.41) is 18.9. The summed E-state index contributed by atoms with van der Waals surface area (Å²) in [4.78, 5) is 65.0. The van der Waals surface area contributed by atoms with Crippen LogP contribution in [0.15, 0.2) is 42.3 Å². The molecular formula is C39H50N5O9PS. The third-order valence-electron chi connectivity index (χ3n) is 10.3. The maximum absolute atomic E-state index is 14.6. The van der Waals surface area contributed by atoms with Gasteiger partial charge >= 0.3 is 12.1 Å². The first kappa shape index (κ1) is 40.2. The zero-order valence-electron chi connectivity index (χ0n) is 32.1. The van der Waals surface area contributed by atoms with Crippen molar-refractivity contribution >= 4 is 53.3 Å². The van der Waals surface area contributed by atoms with Gasteiger partial charge in [0.25, 0.3) is 0 Å². The van der Waals surface area contributed by atoms with Crippen molar-refractivity contribution in [2.75, 3.05) is 26.2 Å². The van der Waals surface area contributed by atoms with Crippen LogP contribution in [-0.2, 0) is 23.7 Å². The smallest absolute Gasteiger partial charge is 0.408 e. The third kappa shape index (κ3) is 9.15. The summed E-state index contributed by atoms with van der Waals surface area (Å²) in [5.74, 6) is -1.91. The number of ether oxygens (including phenoxy) is 3. The molecule has 6 rings (SSSR count). The quantitative estimate of drug-likeness (QED) is 0.132. The van der Waals surface area contributed by atoms with Gasteiger partial charge in [-0.05, 0) is 69.9 Å². The largest absolute Gasteiger partial charge is 0.488 e. The predicted molar refractivity (Wildman–Crippen MR) is 209 cm³/mol. The number of carboxylic acid groups (broad SMARTS) is 1. The number of thiazole rings is 1. The number of amides is 3. The highest BCUT2D eigenvalue weighted by molar-refractivity contribution is 7.62. The summed E-state index contributed by atoms with van der Waals surface area (Å²) in [7, 11) is -2.47. The molecule has 0 bridgehead atoms. The van der Waals surface area contributed by atoms with E-state index in [0.717, 1.165) is 30.7 Å². The Morgan fingerprint density at radius 1 is 1.13 bits per heavy atom. The van der Waals surface area contributed by atoms with E-state index < -0.39 is 66.1 Å². The minimum atomic E-state index is -2.47. The number of benzene rings is 1. The van der Waals surface area contributed by atoms with E-state index in [-0.39, 0.29) is 31.8 Å². The van der Waals surface area contributed by atoms with Crippen LogP contribution in [0.5, 0.6) is 11.5 Å². The Bertz CT molecular complexity index is 2040. The van der Waals surface area contributed by atoms with Crippen LogP contribution in [0, 0.1) is 18.3 Å². The summed E-state index contributed by atoms with van der Waals surface area (Å²) in [5.41, 5.74) is -0.612. The van der Waals surface area contributed by atoms with Crippen molar-refractivity contribution < 1.29 is 43.1 Å². The average Bonchev–Trinajstić information content (AvgIpc) is 3.50. The van der Waals surface area contributed by atoms with Crippen LogP contribution in [0.25, 0.3) is 22.3 Å². The number of carbonyl (C=O) groups is 4. The maximum Gasteiger partial charge on any atom is 0.408 e. The van der Waals surface area contributed by atoms with Gasteiger partial charge in [0.05, 0.1) is 28.5 Å². The molecular weight excluding hydrogens is 745 g/mol. The zero-order chi connectivity index (χ0) is 39.9. The Morgan fingerprint density at radius 3 is 2.45 bits per heavy atom. The van der Waals surface area contributed by atoms with E-state index in [0.29, 0.717) is 33.8 Å². The van der Waals surface area contributed by atoms with Crippen molar-refractivity contribution in [2.24, 2.45) is 11.3 Å². The fourth-order valence-electron chi connectivity index (χ4n) is 7.20. The van der Waals surface area contributed by atoms with Crippen molar-refractivity contribution in [1.82, 2.24) is 25.5 Å². The van der Waals surface area contributed by atoms with Crippen molar-refractivity contribution in [2.45, 2.75) is 96.1 Å². The minimum Gasteiger partial charge on any atom is -0.488 e. The number of nitrogens with one attached hydrogen (secondary N) is 2. The van der Waals surface area contributed by atoms with Gasteiger partial charge in [-0.25, -0.2) is 19.6 Å². The number of aliphatic carboxylic acids is 1. The molecule has 3 fully saturated rings. The second-order valence-electron chi connectivity index (χ2n) is 16.3. The second-order valence-corrected chi connectivity index (χ2v) is 20.8. The van der Waals surface area contributed by atoms with Gasteiger partial charge in [0.15, 0.2) is 0 Å². The molecule has 2 saturated carbocycles. The normalized spacial score (nSPS) is 23.2. The van der Waals surface area contributed by atoms with Gasteiger partial charge in [0.1, 0.15) is 54.8 Å². The Morgan fingerprint density at radius 2 is 1.85 bits per heavy atom. The zero-order valence-corrected chi connectivity index (χ0v) is 33.8. The molecule has 1 aliphatic heterocycles. The molecule has 3 heterocycles. The highest BCUT2D eigenvalue weighted by Gasteiger charge is 2.61. The van der Waals surface area contributed by atoms with Gasteiger partial charge in [-0.3, -0.25) is 9.59 Å². The fraction of sp³-hybridized carbons (Fsp3) is 0.538. The highest BCUT2D eigenvalue weighted by Crippen LogP contribution is 2.45. The second kappa shape index (κ2) is 15.6. The van der Waals surface area contributed by atoms with E-state index in [2.05, 4.69) is 22.2 Å². The van der Waals surface area contributed by atoms with Crippen LogP contribution in [0.4, 0.5) is 4.79 Å². The van der Waals surface area contributed by atoms with E-state index in [9.17, 15) is 28.8 Å². The molecule has 16 heteroatoms. The average molecular weight is 796 g/mol. The molecule has 3 N–H and O–H groups in total. The number of carboxylic acids is 1. The topological polar surface area (TPSA) is 186 Å². The van der Waals surface area contributed by atoms with Crippen molar-refractivity contribution in [3.63, 3.8) is 0 Å². The van der Waals surface area contributed by atoms with Crippen LogP contribution >= 0.6 is 18.5 Å². The number of likely N-dealkylation sites (tertiary alicyclic amines) is 1. The lowest BCUT2D eigenvalue weighted by Crippen LogP contribution is -2.59. The standard InChI is InChI=1S/C39H50N5O9PS/c1-8-23-18-39(23,36(47)48)43-34(45)31-16-26(19-44(31)35(46)33(38(3,4)5)42-37(49)53-24-11-9-10-12-24)52-32-17-29(30-20-55-22(2)40-30)41-28-15-25(13-14-27(28)32)51-21-54(6,7)50/h8,13-15,17,20,23-24,26,31,33H,1,9-12,16,18-19,21H2,2-7H3,(H,42,49)(H,43,45)(H,47,48). The van der Waals surface area contributed by atoms with Gasteiger partial charge in [0, 0.05) is 35.2 Å². The molecule has 2 aromatic heterocycles. The Labute approximate surface area is 324 Å². The van der Waals surface area contributed by atoms with E-state index >= 15 is 0 Å². The summed E-state index contributed by atoms with van der Waals surface area (Å²) < 4.78 is 30.5. The monoisotopic (exact) mass is 795 g/mol. The maximum atomic E-state index is 14.6. The van der Waals surface area contributed by atoms with E-state index in [4.69, 9.17) is 19.2 Å². The fourth-order valence-corrected chi connectivity index (χ4v) is 8.27. The van der Waals surface area contributed by atoms with Gasteiger partial charge in [-0.2, -0.15) is 0 Å². The predicted octanol–water partition coefficient (Wildman–Crippen LogP) is 6.20. The molecule has 0 spiro atoms. The minimum absolute atomic E-state index is 0.0355. The number of aryl methyl sites for hydroxylation is 1. The molecule has 3 aliphatic rings. The van der Waals surface area contributed by atoms with Gasteiger partial charge in [-0.15, -0.1) is 17.9 Å². The van der Waals surface area contributed by atoms with Crippen molar-refractivity contribution in [3.8, 4) is 22.9 Å². The molecule has 1 saturated heterocycles. The molecule has 5 atom stereocenters. The number of nitrogens with zero attached hydrogens (tertiary/aromatic N) is 3. The number of rotatable bonds is 13. The van der Waals surface area contributed by atoms with Crippen molar-refractivity contribution in [3.05, 3.63) is 47.3 Å². The van der Waals surface area contributed by atoms with E-state index in [1.807, 2.05) is 33.1 Å². The lowest BCUT2D eigenvalue weighted by Gasteiger charge is -2.35. The molecule has 2 aliphatic carbocycles. The summed E-state index contributed by atoms with van der Waals surface area (Å²) in [6.45, 7) is 14.3. The number of alkyl carbamates (subject to hydrolysis) is 1. The van der Waals surface area contributed by atoms with E-state index in [1.54, 1.807) is 37.6 Å². The summed E-state index contributed by atoms with van der Waals surface area (Å²) in [6, 6.07) is 4.83. The Balaban J connectivity index is 1.33. The molecule has 1 aromatic carbocycles. The first-order chi connectivity index (χ1) is 25.9. The number of pyridine rings is 1. The molecule has 14 nitrogen and oxygen atoms in total. The number of hydrogen-bond acceptors (Lipinski definition) is 11. The first-order valence-corrected chi connectivity index (χ1v) is 22.2. The number of aromatic nitrogens is 2. The number of fused-ring (bicyclic) bond motifs is 1. The first-order valence-electron chi connectivity index (χ1n) is 18.5. The molecule has 55 heavy (non-hydrogen) atoms. The highest BCUT2D eigenvalue weighted by atomic mass is 32.1.